The van der Waals surface area contributed by atoms with Crippen LogP contribution in [-0.2, 0) is 13.7 Å². The number of rotatable bonds is 8. The van der Waals surface area contributed by atoms with Gasteiger partial charge in [-0.3, -0.25) is 4.79 Å². The first kappa shape index (κ1) is 22.3. The fraction of sp³-hybridized carbons (Fsp3) is 0.391. The summed E-state index contributed by atoms with van der Waals surface area (Å²) in [6.45, 7) is 6.99. The van der Waals surface area contributed by atoms with Crippen LogP contribution in [0.3, 0.4) is 0 Å². The van der Waals surface area contributed by atoms with E-state index >= 15 is 0 Å². The van der Waals surface area contributed by atoms with Crippen LogP contribution in [0.1, 0.15) is 46.8 Å². The first-order valence-corrected chi connectivity index (χ1v) is 10.4. The van der Waals surface area contributed by atoms with Crippen molar-refractivity contribution >= 4 is 5.91 Å². The van der Waals surface area contributed by atoms with Crippen LogP contribution in [0.25, 0.3) is 5.69 Å². The lowest BCUT2D eigenvalue weighted by molar-refractivity contribution is 0.0793. The zero-order valence-electron chi connectivity index (χ0n) is 18.8. The molecule has 0 aliphatic carbocycles. The van der Waals surface area contributed by atoms with Crippen molar-refractivity contribution in [3.05, 3.63) is 69.1 Å². The quantitative estimate of drug-likeness (QED) is 0.556. The smallest absolute Gasteiger partial charge is 0.368 e. The van der Waals surface area contributed by atoms with Crippen LogP contribution >= 0.6 is 0 Å². The van der Waals surface area contributed by atoms with Crippen molar-refractivity contribution in [2.45, 2.75) is 40.2 Å². The van der Waals surface area contributed by atoms with Crippen molar-refractivity contribution in [3.8, 4) is 11.4 Å². The van der Waals surface area contributed by atoms with Crippen molar-refractivity contribution in [1.29, 1.82) is 0 Å². The minimum atomic E-state index is -0.321. The molecule has 1 heterocycles. The Bertz CT molecular complexity index is 1130. The van der Waals surface area contributed by atoms with Crippen LogP contribution in [-0.4, -0.2) is 44.2 Å². The fourth-order valence-electron chi connectivity index (χ4n) is 3.35. The maximum atomic E-state index is 12.6. The number of nitrogens with zero attached hydrogens (tertiary/aromatic N) is 5. The second kappa shape index (κ2) is 9.59. The highest BCUT2D eigenvalue weighted by Crippen LogP contribution is 2.24. The summed E-state index contributed by atoms with van der Waals surface area (Å²) in [6.07, 6.45) is 2.03. The number of amides is 1. The van der Waals surface area contributed by atoms with Gasteiger partial charge in [0.25, 0.3) is 5.91 Å². The number of unbranched alkanes of at least 4 members (excludes halogenated alkanes) is 1. The summed E-state index contributed by atoms with van der Waals surface area (Å²) < 4.78 is 8.53. The van der Waals surface area contributed by atoms with Gasteiger partial charge in [-0.2, -0.15) is 9.36 Å². The topological polar surface area (TPSA) is 82.2 Å². The summed E-state index contributed by atoms with van der Waals surface area (Å²) in [5.74, 6) is 0.694. The third-order valence-electron chi connectivity index (χ3n) is 5.32. The van der Waals surface area contributed by atoms with Gasteiger partial charge in [0.15, 0.2) is 0 Å². The molecule has 0 unspecified atom stereocenters. The monoisotopic (exact) mass is 423 g/mol. The number of benzene rings is 2. The minimum Gasteiger partial charge on any atom is -0.489 e. The Hall–Kier alpha value is -3.42. The van der Waals surface area contributed by atoms with Crippen LogP contribution in [0.4, 0.5) is 0 Å². The van der Waals surface area contributed by atoms with Gasteiger partial charge in [-0.15, -0.1) is 0 Å². The molecular formula is C23H29N5O3. The second-order valence-electron chi connectivity index (χ2n) is 7.72. The lowest BCUT2D eigenvalue weighted by Gasteiger charge is -2.18. The van der Waals surface area contributed by atoms with Gasteiger partial charge in [0.2, 0.25) is 0 Å². The van der Waals surface area contributed by atoms with Gasteiger partial charge in [0.05, 0.1) is 5.69 Å². The molecule has 0 radical (unpaired) electrons. The summed E-state index contributed by atoms with van der Waals surface area (Å²) in [7, 11) is 3.38. The van der Waals surface area contributed by atoms with Crippen LogP contribution in [0, 0.1) is 13.8 Å². The highest BCUT2D eigenvalue weighted by atomic mass is 16.5. The van der Waals surface area contributed by atoms with Gasteiger partial charge in [-0.05, 0) is 66.1 Å². The van der Waals surface area contributed by atoms with Crippen LogP contribution in [0.5, 0.6) is 5.75 Å². The third kappa shape index (κ3) is 4.84. The molecule has 0 saturated heterocycles. The third-order valence-corrected chi connectivity index (χ3v) is 5.32. The number of hydrogen-bond acceptors (Lipinski definition) is 5. The van der Waals surface area contributed by atoms with E-state index in [9.17, 15) is 9.59 Å². The summed E-state index contributed by atoms with van der Waals surface area (Å²) in [5, 5.41) is 7.74. The molecule has 164 valence electrons. The van der Waals surface area contributed by atoms with Crippen LogP contribution in [0.2, 0.25) is 0 Å². The van der Waals surface area contributed by atoms with E-state index in [0.717, 1.165) is 36.1 Å². The number of aromatic nitrogens is 4. The Morgan fingerprint density at radius 1 is 1.13 bits per heavy atom. The lowest BCUT2D eigenvalue weighted by Crippen LogP contribution is -2.27. The number of carbonyl (C=O) groups excluding carboxylic acids is 1. The molecule has 0 atom stereocenters. The van der Waals surface area contributed by atoms with E-state index in [1.165, 1.54) is 9.36 Å². The normalized spacial score (nSPS) is 10.9. The summed E-state index contributed by atoms with van der Waals surface area (Å²) in [4.78, 5) is 26.7. The van der Waals surface area contributed by atoms with Gasteiger partial charge in [0.1, 0.15) is 12.4 Å². The van der Waals surface area contributed by atoms with Gasteiger partial charge in [-0.25, -0.2) is 4.79 Å². The van der Waals surface area contributed by atoms with Crippen molar-refractivity contribution in [2.75, 3.05) is 13.6 Å². The number of carbonyl (C=O) groups is 1. The zero-order chi connectivity index (χ0) is 22.5. The molecule has 0 bridgehead atoms. The molecule has 0 aliphatic rings. The number of hydrogen-bond donors (Lipinski definition) is 0. The Kier molecular flexibility index (Phi) is 6.89. The van der Waals surface area contributed by atoms with Crippen molar-refractivity contribution in [3.63, 3.8) is 0 Å². The molecule has 0 N–H and O–H groups in total. The van der Waals surface area contributed by atoms with Gasteiger partial charge < -0.3 is 9.64 Å². The maximum Gasteiger partial charge on any atom is 0.368 e. The average Bonchev–Trinajstić information content (AvgIpc) is 3.09. The molecule has 0 aliphatic heterocycles. The standard InChI is InChI=1S/C23H29N5O3/c1-6-7-13-26(4)22(29)18-11-12-21(17(3)14-18)31-15-19-16(2)9-8-10-20(19)28-23(30)27(5)24-25-28/h8-12,14H,6-7,13,15H2,1-5H3. The van der Waals surface area contributed by atoms with Gasteiger partial charge in [0, 0.05) is 31.8 Å². The zero-order valence-corrected chi connectivity index (χ0v) is 18.8. The Morgan fingerprint density at radius 2 is 1.90 bits per heavy atom. The van der Waals surface area contributed by atoms with Gasteiger partial charge in [-0.1, -0.05) is 25.5 Å². The summed E-state index contributed by atoms with van der Waals surface area (Å²) >= 11 is 0. The highest BCUT2D eigenvalue weighted by molar-refractivity contribution is 5.94. The molecule has 0 fully saturated rings. The largest absolute Gasteiger partial charge is 0.489 e. The second-order valence-corrected chi connectivity index (χ2v) is 7.72. The van der Waals surface area contributed by atoms with E-state index in [4.69, 9.17) is 4.74 Å². The molecule has 1 amide bonds. The SMILES string of the molecule is CCCCN(C)C(=O)c1ccc(OCc2c(C)cccc2-n2nnn(C)c2=O)c(C)c1. The van der Waals surface area contributed by atoms with E-state index in [1.807, 2.05) is 51.2 Å². The number of aryl methyl sites for hydroxylation is 3. The molecule has 31 heavy (non-hydrogen) atoms. The van der Waals surface area contributed by atoms with Crippen LogP contribution < -0.4 is 10.4 Å². The molecule has 2 aromatic carbocycles. The molecule has 0 spiro atoms. The highest BCUT2D eigenvalue weighted by Gasteiger charge is 2.16. The number of tetrazole rings is 1. The molecule has 8 nitrogen and oxygen atoms in total. The van der Waals surface area contributed by atoms with E-state index in [2.05, 4.69) is 17.4 Å². The molecule has 8 heteroatoms. The maximum absolute atomic E-state index is 12.6. The summed E-state index contributed by atoms with van der Waals surface area (Å²) in [5.41, 5.74) is 3.67. The van der Waals surface area contributed by atoms with E-state index in [1.54, 1.807) is 18.0 Å². The lowest BCUT2D eigenvalue weighted by atomic mass is 10.1. The number of ether oxygens (including phenoxy) is 1. The van der Waals surface area contributed by atoms with E-state index < -0.39 is 0 Å². The van der Waals surface area contributed by atoms with E-state index in [-0.39, 0.29) is 18.2 Å². The first-order valence-electron chi connectivity index (χ1n) is 10.4. The predicted molar refractivity (Wildman–Crippen MR) is 119 cm³/mol. The minimum absolute atomic E-state index is 0.00585. The Balaban J connectivity index is 1.80. The van der Waals surface area contributed by atoms with Crippen molar-refractivity contribution in [1.82, 2.24) is 24.7 Å². The molecule has 3 aromatic rings. The van der Waals surface area contributed by atoms with Crippen molar-refractivity contribution in [2.24, 2.45) is 7.05 Å². The Morgan fingerprint density at radius 3 is 2.55 bits per heavy atom. The van der Waals surface area contributed by atoms with Crippen molar-refractivity contribution < 1.29 is 9.53 Å². The van der Waals surface area contributed by atoms with E-state index in [0.29, 0.717) is 17.0 Å². The summed E-state index contributed by atoms with van der Waals surface area (Å²) in [6, 6.07) is 11.1. The first-order chi connectivity index (χ1) is 14.8. The molecule has 0 saturated carbocycles. The predicted octanol–water partition coefficient (Wildman–Crippen LogP) is 3.03. The molecule has 3 rings (SSSR count). The fourth-order valence-corrected chi connectivity index (χ4v) is 3.35. The Labute approximate surface area is 182 Å². The molecule has 1 aromatic heterocycles. The van der Waals surface area contributed by atoms with Gasteiger partial charge >= 0.3 is 5.69 Å². The average molecular weight is 424 g/mol. The van der Waals surface area contributed by atoms with Crippen LogP contribution in [0.15, 0.2) is 41.2 Å². The molecular weight excluding hydrogens is 394 g/mol.